The van der Waals surface area contributed by atoms with Gasteiger partial charge in [-0.2, -0.15) is 0 Å². The van der Waals surface area contributed by atoms with E-state index in [0.717, 1.165) is 4.57 Å². The van der Waals surface area contributed by atoms with E-state index in [-0.39, 0.29) is 12.2 Å². The SMILES string of the molecule is NC(=O)Cn1cncc(N)c1=O. The zero-order valence-electron chi connectivity index (χ0n) is 6.23. The highest BCUT2D eigenvalue weighted by Crippen LogP contribution is 1.86. The summed E-state index contributed by atoms with van der Waals surface area (Å²) in [6, 6.07) is 0. The highest BCUT2D eigenvalue weighted by molar-refractivity contribution is 5.73. The lowest BCUT2D eigenvalue weighted by atomic mass is 10.5. The van der Waals surface area contributed by atoms with Crippen LogP contribution >= 0.6 is 0 Å². The van der Waals surface area contributed by atoms with Gasteiger partial charge >= 0.3 is 0 Å². The van der Waals surface area contributed by atoms with E-state index in [9.17, 15) is 9.59 Å². The summed E-state index contributed by atoms with van der Waals surface area (Å²) in [5, 5.41) is 0. The lowest BCUT2D eigenvalue weighted by molar-refractivity contribution is -0.118. The van der Waals surface area contributed by atoms with E-state index >= 15 is 0 Å². The van der Waals surface area contributed by atoms with E-state index in [1.165, 1.54) is 12.5 Å². The zero-order chi connectivity index (χ0) is 9.14. The standard InChI is InChI=1S/C6H8N4O2/c7-4-1-9-3-10(6(4)12)2-5(8)11/h1,3H,2,7H2,(H2,8,11). The predicted octanol–water partition coefficient (Wildman–Crippen LogP) is -1.69. The van der Waals surface area contributed by atoms with Crippen LogP contribution in [0.3, 0.4) is 0 Å². The Morgan fingerprint density at radius 2 is 2.33 bits per heavy atom. The average molecular weight is 168 g/mol. The molecule has 1 heterocycles. The summed E-state index contributed by atoms with van der Waals surface area (Å²) in [5.41, 5.74) is 9.67. The molecule has 0 aromatic carbocycles. The van der Waals surface area contributed by atoms with Gasteiger partial charge in [0.25, 0.3) is 5.56 Å². The molecule has 1 rings (SSSR count). The van der Waals surface area contributed by atoms with Crippen LogP contribution in [0.1, 0.15) is 0 Å². The molecule has 0 bridgehead atoms. The van der Waals surface area contributed by atoms with Crippen molar-refractivity contribution >= 4 is 11.6 Å². The summed E-state index contributed by atoms with van der Waals surface area (Å²) in [4.78, 5) is 25.1. The summed E-state index contributed by atoms with van der Waals surface area (Å²) < 4.78 is 1.05. The molecule has 0 aliphatic rings. The molecule has 6 heteroatoms. The van der Waals surface area contributed by atoms with Gasteiger partial charge < -0.3 is 11.5 Å². The largest absolute Gasteiger partial charge is 0.393 e. The summed E-state index contributed by atoms with van der Waals surface area (Å²) >= 11 is 0. The van der Waals surface area contributed by atoms with Crippen molar-refractivity contribution in [3.05, 3.63) is 22.9 Å². The normalized spacial score (nSPS) is 9.67. The number of hydrogen-bond donors (Lipinski definition) is 2. The van der Waals surface area contributed by atoms with Crippen LogP contribution in [0.4, 0.5) is 5.69 Å². The number of amides is 1. The van der Waals surface area contributed by atoms with Crippen LogP contribution in [0.2, 0.25) is 0 Å². The predicted molar refractivity (Wildman–Crippen MR) is 42.1 cm³/mol. The molecule has 0 atom stereocenters. The van der Waals surface area contributed by atoms with Gasteiger partial charge in [-0.1, -0.05) is 0 Å². The van der Waals surface area contributed by atoms with E-state index in [1.807, 2.05) is 0 Å². The van der Waals surface area contributed by atoms with E-state index in [1.54, 1.807) is 0 Å². The summed E-state index contributed by atoms with van der Waals surface area (Å²) in [5.74, 6) is -0.607. The molecule has 12 heavy (non-hydrogen) atoms. The molecule has 0 spiro atoms. The van der Waals surface area contributed by atoms with Crippen molar-refractivity contribution in [1.29, 1.82) is 0 Å². The Bertz CT molecular complexity index is 357. The molecule has 1 aromatic rings. The molecule has 64 valence electrons. The number of carbonyl (C=O) groups excluding carboxylic acids is 1. The van der Waals surface area contributed by atoms with Gasteiger partial charge in [0.15, 0.2) is 0 Å². The van der Waals surface area contributed by atoms with Crippen molar-refractivity contribution < 1.29 is 4.79 Å². The van der Waals surface area contributed by atoms with Gasteiger partial charge in [-0.15, -0.1) is 0 Å². The van der Waals surface area contributed by atoms with Crippen LogP contribution in [-0.4, -0.2) is 15.5 Å². The first-order chi connectivity index (χ1) is 5.61. The Hall–Kier alpha value is -1.85. The highest BCUT2D eigenvalue weighted by atomic mass is 16.2. The van der Waals surface area contributed by atoms with E-state index in [4.69, 9.17) is 11.5 Å². The van der Waals surface area contributed by atoms with E-state index in [2.05, 4.69) is 4.98 Å². The van der Waals surface area contributed by atoms with Crippen LogP contribution in [0.25, 0.3) is 0 Å². The van der Waals surface area contributed by atoms with Crippen molar-refractivity contribution in [2.24, 2.45) is 5.73 Å². The molecule has 6 nitrogen and oxygen atoms in total. The molecule has 0 fully saturated rings. The third-order valence-electron chi connectivity index (χ3n) is 1.25. The monoisotopic (exact) mass is 168 g/mol. The van der Waals surface area contributed by atoms with E-state index < -0.39 is 11.5 Å². The number of aromatic nitrogens is 2. The number of nitrogens with two attached hydrogens (primary N) is 2. The first-order valence-electron chi connectivity index (χ1n) is 3.19. The fraction of sp³-hybridized carbons (Fsp3) is 0.167. The van der Waals surface area contributed by atoms with Crippen molar-refractivity contribution in [3.8, 4) is 0 Å². The fourth-order valence-corrected chi connectivity index (χ4v) is 0.748. The minimum atomic E-state index is -0.607. The third-order valence-corrected chi connectivity index (χ3v) is 1.25. The maximum atomic E-state index is 11.1. The van der Waals surface area contributed by atoms with Gasteiger partial charge in [-0.3, -0.25) is 14.2 Å². The van der Waals surface area contributed by atoms with Gasteiger partial charge in [-0.25, -0.2) is 4.98 Å². The maximum Gasteiger partial charge on any atom is 0.276 e. The minimum absolute atomic E-state index is 0.00116. The fourth-order valence-electron chi connectivity index (χ4n) is 0.748. The number of anilines is 1. The third kappa shape index (κ3) is 1.60. The average Bonchev–Trinajstić information content (AvgIpc) is 1.98. The summed E-state index contributed by atoms with van der Waals surface area (Å²) in [6.45, 7) is -0.198. The van der Waals surface area contributed by atoms with Crippen LogP contribution in [0.15, 0.2) is 17.3 Å². The lowest BCUT2D eigenvalue weighted by Gasteiger charge is -2.00. The smallest absolute Gasteiger partial charge is 0.276 e. The number of rotatable bonds is 2. The Balaban J connectivity index is 3.09. The molecule has 0 saturated heterocycles. The molecule has 0 saturated carbocycles. The van der Waals surface area contributed by atoms with Crippen molar-refractivity contribution in [3.63, 3.8) is 0 Å². The molecule has 1 aromatic heterocycles. The number of primary amides is 1. The second-order valence-electron chi connectivity index (χ2n) is 2.25. The molecule has 0 aliphatic heterocycles. The zero-order valence-corrected chi connectivity index (χ0v) is 6.23. The van der Waals surface area contributed by atoms with Crippen molar-refractivity contribution in [2.45, 2.75) is 6.54 Å². The molecule has 0 aliphatic carbocycles. The quantitative estimate of drug-likeness (QED) is 0.549. The molecule has 4 N–H and O–H groups in total. The molecular formula is C6H8N4O2. The molecule has 1 amide bonds. The Morgan fingerprint density at radius 1 is 1.67 bits per heavy atom. The lowest BCUT2D eigenvalue weighted by Crippen LogP contribution is -2.29. The molecule has 0 radical (unpaired) electrons. The number of nitrogens with zero attached hydrogens (tertiary/aromatic N) is 2. The second kappa shape index (κ2) is 3.04. The van der Waals surface area contributed by atoms with Crippen LogP contribution in [0, 0.1) is 0 Å². The van der Waals surface area contributed by atoms with Crippen LogP contribution < -0.4 is 17.0 Å². The van der Waals surface area contributed by atoms with Gasteiger partial charge in [-0.05, 0) is 0 Å². The Kier molecular flexibility index (Phi) is 2.09. The first kappa shape index (κ1) is 8.25. The van der Waals surface area contributed by atoms with Crippen molar-refractivity contribution in [1.82, 2.24) is 9.55 Å². The van der Waals surface area contributed by atoms with Crippen LogP contribution in [0.5, 0.6) is 0 Å². The summed E-state index contributed by atoms with van der Waals surface area (Å²) in [7, 11) is 0. The van der Waals surface area contributed by atoms with E-state index in [0.29, 0.717) is 0 Å². The number of nitrogen functional groups attached to an aromatic ring is 1. The van der Waals surface area contributed by atoms with Gasteiger partial charge in [0.1, 0.15) is 12.2 Å². The number of carbonyl (C=O) groups is 1. The highest BCUT2D eigenvalue weighted by Gasteiger charge is 2.01. The second-order valence-corrected chi connectivity index (χ2v) is 2.25. The van der Waals surface area contributed by atoms with Gasteiger partial charge in [0, 0.05) is 0 Å². The minimum Gasteiger partial charge on any atom is -0.393 e. The van der Waals surface area contributed by atoms with Gasteiger partial charge in [0.05, 0.1) is 12.5 Å². The van der Waals surface area contributed by atoms with Crippen LogP contribution in [-0.2, 0) is 11.3 Å². The molecule has 0 unspecified atom stereocenters. The maximum absolute atomic E-state index is 11.1. The topological polar surface area (TPSA) is 104 Å². The molecular weight excluding hydrogens is 160 g/mol. The Morgan fingerprint density at radius 3 is 2.92 bits per heavy atom. The number of hydrogen-bond acceptors (Lipinski definition) is 4. The first-order valence-corrected chi connectivity index (χ1v) is 3.19. The van der Waals surface area contributed by atoms with Gasteiger partial charge in [0.2, 0.25) is 5.91 Å². The van der Waals surface area contributed by atoms with Crippen molar-refractivity contribution in [2.75, 3.05) is 5.73 Å². The summed E-state index contributed by atoms with van der Waals surface area (Å²) in [6.07, 6.45) is 2.43. The Labute approximate surface area is 67.8 Å².